The number of benzene rings is 3. The lowest BCUT2D eigenvalue weighted by Gasteiger charge is -2.39. The fourth-order valence-corrected chi connectivity index (χ4v) is 9.65. The van der Waals surface area contributed by atoms with E-state index in [0.29, 0.717) is 36.8 Å². The van der Waals surface area contributed by atoms with Gasteiger partial charge in [-0.2, -0.15) is 0 Å². The second-order valence-corrected chi connectivity index (χ2v) is 16.6. The van der Waals surface area contributed by atoms with Crippen LogP contribution < -0.4 is 27.0 Å². The van der Waals surface area contributed by atoms with Crippen molar-refractivity contribution < 1.29 is 39.0 Å². The molecule has 3 aromatic rings. The number of anilines is 1. The molecule has 3 heterocycles. The summed E-state index contributed by atoms with van der Waals surface area (Å²) in [7, 11) is 0. The summed E-state index contributed by atoms with van der Waals surface area (Å²) < 4.78 is 0. The molecule has 6 rings (SSSR count). The number of hydrogen-bond donors (Lipinski definition) is 6. The number of rotatable bonds is 13. The van der Waals surface area contributed by atoms with E-state index < -0.39 is 59.0 Å². The Morgan fingerprint density at radius 1 is 0.610 bits per heavy atom. The number of nitrogens with two attached hydrogens (primary N) is 2. The summed E-state index contributed by atoms with van der Waals surface area (Å²) in [5, 5.41) is 23.6. The summed E-state index contributed by atoms with van der Waals surface area (Å²) in [4.78, 5) is 82.8. The summed E-state index contributed by atoms with van der Waals surface area (Å²) in [6.07, 6.45) is 0.574. The Morgan fingerprint density at radius 3 is 1.31 bits per heavy atom. The molecule has 6 amide bonds. The summed E-state index contributed by atoms with van der Waals surface area (Å²) >= 11 is 0. The largest absolute Gasteiger partial charge is 0.465 e. The third-order valence-corrected chi connectivity index (χ3v) is 12.5. The van der Waals surface area contributed by atoms with Gasteiger partial charge < -0.3 is 47.0 Å². The molecule has 59 heavy (non-hydrogen) atoms. The molecule has 3 aliphatic rings. The Kier molecular flexibility index (Phi) is 12.2. The molecule has 6 atom stereocenters. The first kappa shape index (κ1) is 42.5. The maximum atomic E-state index is 13.9. The SMILES string of the molecule is CC(C)[C@H](NC(=O)O)C(=O)N1CCC[C@@]1(C(N)=O)c1ccc([C@H]2CC[C@H](c3ccc([C@]4(C(N)=O)CCCN4C(=O)[C@@H](NC(=O)O)C(C)C)cc3)N2c2ccccc2)cc1. The van der Waals surface area contributed by atoms with Crippen molar-refractivity contribution in [1.29, 1.82) is 0 Å². The molecular weight excluding hydrogens is 755 g/mol. The predicted molar refractivity (Wildman–Crippen MR) is 220 cm³/mol. The highest BCUT2D eigenvalue weighted by atomic mass is 16.4. The molecule has 0 bridgehead atoms. The topological polar surface area (TPSA) is 229 Å². The van der Waals surface area contributed by atoms with Gasteiger partial charge in [0.25, 0.3) is 0 Å². The number of amides is 6. The molecule has 0 spiro atoms. The second kappa shape index (κ2) is 17.0. The number of carbonyl (C=O) groups excluding carboxylic acids is 4. The van der Waals surface area contributed by atoms with Crippen molar-refractivity contribution in [3.63, 3.8) is 0 Å². The van der Waals surface area contributed by atoms with E-state index in [1.54, 1.807) is 27.7 Å². The first-order valence-electron chi connectivity index (χ1n) is 20.3. The van der Waals surface area contributed by atoms with Crippen molar-refractivity contribution in [2.24, 2.45) is 23.3 Å². The van der Waals surface area contributed by atoms with E-state index in [2.05, 4.69) is 27.7 Å². The Hall–Kier alpha value is -6.12. The molecule has 3 aromatic carbocycles. The van der Waals surface area contributed by atoms with Crippen LogP contribution >= 0.6 is 0 Å². The lowest BCUT2D eigenvalue weighted by Crippen LogP contribution is -2.59. The average Bonchev–Trinajstić information content (AvgIpc) is 3.97. The lowest BCUT2D eigenvalue weighted by atomic mass is 9.84. The van der Waals surface area contributed by atoms with Crippen molar-refractivity contribution >= 4 is 41.5 Å². The minimum Gasteiger partial charge on any atom is -0.465 e. The van der Waals surface area contributed by atoms with Crippen LogP contribution in [0.1, 0.15) is 101 Å². The number of primary amides is 2. The van der Waals surface area contributed by atoms with Gasteiger partial charge in [0.1, 0.15) is 23.2 Å². The quantitative estimate of drug-likeness (QED) is 0.137. The first-order chi connectivity index (χ1) is 28.0. The van der Waals surface area contributed by atoms with E-state index in [1.165, 1.54) is 9.80 Å². The fourth-order valence-electron chi connectivity index (χ4n) is 9.65. The van der Waals surface area contributed by atoms with Gasteiger partial charge in [0.15, 0.2) is 0 Å². The highest BCUT2D eigenvalue weighted by Gasteiger charge is 2.53. The molecule has 0 saturated carbocycles. The van der Waals surface area contributed by atoms with E-state index in [0.717, 1.165) is 29.7 Å². The standard InChI is InChI=1S/C44H55N7O8/c1-26(2)35(47-41(56)57)37(52)49-24-8-22-43(49,39(45)54)30-16-12-28(13-17-30)33-20-21-34(51(33)32-10-6-5-7-11-32)29-14-18-31(19-15-29)44(40(46)55)23-9-25-50(44)38(53)36(27(3)4)48-42(58)59/h5-7,10-19,26-27,33-36,47-48H,8-9,20-25H2,1-4H3,(H2,45,54)(H2,46,55)(H,56,57)(H,58,59)/t33-,34-,35+,36+,43+,44+/m1/s1. The van der Waals surface area contributed by atoms with Gasteiger partial charge >= 0.3 is 12.2 Å². The second-order valence-electron chi connectivity index (χ2n) is 16.6. The third kappa shape index (κ3) is 7.77. The Labute approximate surface area is 344 Å². The van der Waals surface area contributed by atoms with E-state index in [9.17, 15) is 39.0 Å². The third-order valence-electron chi connectivity index (χ3n) is 12.5. The maximum Gasteiger partial charge on any atom is 0.405 e. The van der Waals surface area contributed by atoms with Crippen LogP contribution in [-0.2, 0) is 30.3 Å². The van der Waals surface area contributed by atoms with E-state index in [-0.39, 0.29) is 37.0 Å². The van der Waals surface area contributed by atoms with Gasteiger partial charge in [0, 0.05) is 18.8 Å². The van der Waals surface area contributed by atoms with Gasteiger partial charge in [-0.15, -0.1) is 0 Å². The summed E-state index contributed by atoms with van der Waals surface area (Å²) in [5.74, 6) is -3.07. The Balaban J connectivity index is 1.31. The molecule has 3 aliphatic heterocycles. The smallest absolute Gasteiger partial charge is 0.405 e. The number of nitrogens with zero attached hydrogens (tertiary/aromatic N) is 3. The minimum atomic E-state index is -1.44. The number of hydrogen-bond acceptors (Lipinski definition) is 7. The van der Waals surface area contributed by atoms with Crippen molar-refractivity contribution in [3.8, 4) is 0 Å². The van der Waals surface area contributed by atoms with Gasteiger partial charge in [0.2, 0.25) is 23.6 Å². The highest BCUT2D eigenvalue weighted by Crippen LogP contribution is 2.48. The van der Waals surface area contributed by atoms with Gasteiger partial charge in [-0.25, -0.2) is 9.59 Å². The van der Waals surface area contributed by atoms with Crippen molar-refractivity contribution in [2.45, 2.75) is 101 Å². The number of likely N-dealkylation sites (tertiary alicyclic amines) is 2. The molecule has 8 N–H and O–H groups in total. The summed E-state index contributed by atoms with van der Waals surface area (Å²) in [6.45, 7) is 7.49. The lowest BCUT2D eigenvalue weighted by molar-refractivity contribution is -0.146. The van der Waals surface area contributed by atoms with Crippen LogP contribution in [0.5, 0.6) is 0 Å². The van der Waals surface area contributed by atoms with Crippen LogP contribution in [0.3, 0.4) is 0 Å². The zero-order valence-electron chi connectivity index (χ0n) is 34.0. The molecule has 15 heteroatoms. The van der Waals surface area contributed by atoms with E-state index in [4.69, 9.17) is 11.5 Å². The van der Waals surface area contributed by atoms with Gasteiger partial charge in [-0.3, -0.25) is 19.2 Å². The summed E-state index contributed by atoms with van der Waals surface area (Å²) in [6, 6.07) is 23.0. The zero-order valence-corrected chi connectivity index (χ0v) is 34.0. The molecule has 0 aliphatic carbocycles. The number of nitrogens with one attached hydrogen (secondary N) is 2. The van der Waals surface area contributed by atoms with Crippen LogP contribution in [-0.4, -0.2) is 81.0 Å². The molecule has 15 nitrogen and oxygen atoms in total. The Bertz CT molecular complexity index is 1930. The minimum absolute atomic E-state index is 0.0818. The fraction of sp³-hybridized carbons (Fsp3) is 0.455. The number of para-hydroxylation sites is 1. The number of carbonyl (C=O) groups is 6. The predicted octanol–water partition coefficient (Wildman–Crippen LogP) is 4.96. The molecule has 314 valence electrons. The van der Waals surface area contributed by atoms with E-state index >= 15 is 0 Å². The highest BCUT2D eigenvalue weighted by molar-refractivity contribution is 5.96. The van der Waals surface area contributed by atoms with Crippen LogP contribution in [0.15, 0.2) is 78.9 Å². The van der Waals surface area contributed by atoms with Gasteiger partial charge in [-0.1, -0.05) is 94.4 Å². The van der Waals surface area contributed by atoms with Crippen molar-refractivity contribution in [3.05, 3.63) is 101 Å². The summed E-state index contributed by atoms with van der Waals surface area (Å²) in [5.41, 5.74) is 13.4. The van der Waals surface area contributed by atoms with Crippen LogP contribution in [0.4, 0.5) is 15.3 Å². The first-order valence-corrected chi connectivity index (χ1v) is 20.3. The molecular formula is C44H55N7O8. The maximum absolute atomic E-state index is 13.9. The van der Waals surface area contributed by atoms with Crippen LogP contribution in [0, 0.1) is 11.8 Å². The average molecular weight is 810 g/mol. The Morgan fingerprint density at radius 2 is 0.983 bits per heavy atom. The van der Waals surface area contributed by atoms with Crippen molar-refractivity contribution in [2.75, 3.05) is 18.0 Å². The van der Waals surface area contributed by atoms with Crippen LogP contribution in [0.2, 0.25) is 0 Å². The monoisotopic (exact) mass is 809 g/mol. The van der Waals surface area contributed by atoms with E-state index in [1.807, 2.05) is 66.7 Å². The molecule has 0 radical (unpaired) electrons. The van der Waals surface area contributed by atoms with Crippen LogP contribution in [0.25, 0.3) is 0 Å². The normalized spacial score (nSPS) is 23.9. The molecule has 3 fully saturated rings. The molecule has 3 saturated heterocycles. The zero-order chi connectivity index (χ0) is 42.8. The van der Waals surface area contributed by atoms with Crippen molar-refractivity contribution in [1.82, 2.24) is 20.4 Å². The number of carboxylic acid groups (broad SMARTS) is 2. The molecule has 0 unspecified atom stereocenters. The van der Waals surface area contributed by atoms with Gasteiger partial charge in [-0.05, 0) is 84.7 Å². The van der Waals surface area contributed by atoms with Gasteiger partial charge in [0.05, 0.1) is 12.1 Å². The molecule has 0 aromatic heterocycles.